The Morgan fingerprint density at radius 2 is 1.60 bits per heavy atom. The lowest BCUT2D eigenvalue weighted by Gasteiger charge is -2.28. The summed E-state index contributed by atoms with van der Waals surface area (Å²) in [5, 5.41) is 0. The first-order chi connectivity index (χ1) is 9.61. The van der Waals surface area contributed by atoms with Crippen molar-refractivity contribution in [1.82, 2.24) is 0 Å². The molecular weight excluding hydrogens is 264 g/mol. The Bertz CT molecular complexity index is 310. The van der Waals surface area contributed by atoms with E-state index in [1.807, 2.05) is 0 Å². The average molecular weight is 286 g/mol. The molecule has 0 aromatic heterocycles. The minimum Gasteiger partial charge on any atom is -0.467 e. The van der Waals surface area contributed by atoms with Crippen LogP contribution in [0.1, 0.15) is 39.0 Å². The fraction of sp³-hybridized carbons (Fsp3) is 0.786. The number of carbonyl (C=O) groups is 3. The van der Waals surface area contributed by atoms with E-state index in [-0.39, 0.29) is 31.7 Å². The van der Waals surface area contributed by atoms with Crippen LogP contribution in [0.25, 0.3) is 0 Å². The minimum atomic E-state index is -0.716. The lowest BCUT2D eigenvalue weighted by atomic mass is 9.89. The lowest BCUT2D eigenvalue weighted by Crippen LogP contribution is -2.36. The van der Waals surface area contributed by atoms with E-state index in [2.05, 4.69) is 0 Å². The number of esters is 1. The summed E-state index contributed by atoms with van der Waals surface area (Å²) in [6.45, 7) is 2.49. The van der Waals surface area contributed by atoms with Gasteiger partial charge in [-0.05, 0) is 19.8 Å². The highest BCUT2D eigenvalue weighted by atomic mass is 16.6. The van der Waals surface area contributed by atoms with Crippen LogP contribution in [0.2, 0.25) is 0 Å². The Balaban J connectivity index is 2.44. The van der Waals surface area contributed by atoms with Crippen molar-refractivity contribution in [3.63, 3.8) is 0 Å². The second-order valence-corrected chi connectivity index (χ2v) is 5.57. The van der Waals surface area contributed by atoms with Crippen LogP contribution in [0.3, 0.4) is 0 Å². The molecule has 0 aliphatic heterocycles. The topological polar surface area (TPSA) is 78.9 Å². The number of rotatable bonds is 9. The van der Waals surface area contributed by atoms with Gasteiger partial charge in [0, 0.05) is 0 Å². The van der Waals surface area contributed by atoms with E-state index in [4.69, 9.17) is 14.2 Å². The molecule has 1 saturated carbocycles. The monoisotopic (exact) mass is 286 g/mol. The number of ether oxygens (including phenoxy) is 3. The Morgan fingerprint density at radius 3 is 2.10 bits per heavy atom. The second-order valence-electron chi connectivity index (χ2n) is 5.57. The molecule has 1 rings (SSSR count). The van der Waals surface area contributed by atoms with E-state index in [0.29, 0.717) is 12.9 Å². The molecule has 114 valence electrons. The van der Waals surface area contributed by atoms with Crippen molar-refractivity contribution in [2.24, 2.45) is 11.3 Å². The van der Waals surface area contributed by atoms with Gasteiger partial charge in [0.05, 0.1) is 11.3 Å². The highest BCUT2D eigenvalue weighted by molar-refractivity contribution is 5.72. The van der Waals surface area contributed by atoms with E-state index >= 15 is 0 Å². The predicted molar refractivity (Wildman–Crippen MR) is 69.7 cm³/mol. The first-order valence-electron chi connectivity index (χ1n) is 6.88. The van der Waals surface area contributed by atoms with Gasteiger partial charge in [0.2, 0.25) is 0 Å². The molecule has 6 heteroatoms. The highest BCUT2D eigenvalue weighted by Crippen LogP contribution is 2.26. The van der Waals surface area contributed by atoms with Gasteiger partial charge in [-0.2, -0.15) is 0 Å². The van der Waals surface area contributed by atoms with Crippen LogP contribution < -0.4 is 0 Å². The summed E-state index contributed by atoms with van der Waals surface area (Å²) in [7, 11) is 0. The van der Waals surface area contributed by atoms with Crippen LogP contribution in [0.4, 0.5) is 0 Å². The van der Waals surface area contributed by atoms with Gasteiger partial charge < -0.3 is 14.2 Å². The molecule has 20 heavy (non-hydrogen) atoms. The number of hydrogen-bond acceptors (Lipinski definition) is 6. The fourth-order valence-electron chi connectivity index (χ4n) is 2.30. The van der Waals surface area contributed by atoms with Gasteiger partial charge in [-0.15, -0.1) is 0 Å². The second kappa shape index (κ2) is 8.55. The van der Waals surface area contributed by atoms with Gasteiger partial charge in [0.1, 0.15) is 19.8 Å². The molecule has 0 aromatic rings. The normalized spacial score (nSPS) is 16.2. The molecule has 1 fully saturated rings. The molecule has 1 aliphatic carbocycles. The average Bonchev–Trinajstić information content (AvgIpc) is 2.50. The van der Waals surface area contributed by atoms with Crippen molar-refractivity contribution < 1.29 is 28.6 Å². The molecule has 6 nitrogen and oxygen atoms in total. The molecule has 1 aliphatic rings. The van der Waals surface area contributed by atoms with Crippen LogP contribution in [0.15, 0.2) is 0 Å². The van der Waals surface area contributed by atoms with Gasteiger partial charge in [-0.25, -0.2) is 0 Å². The summed E-state index contributed by atoms with van der Waals surface area (Å²) >= 11 is 0. The van der Waals surface area contributed by atoms with Crippen molar-refractivity contribution in [1.29, 1.82) is 0 Å². The van der Waals surface area contributed by atoms with Crippen LogP contribution in [-0.4, -0.2) is 38.7 Å². The number of hydrogen-bond donors (Lipinski definition) is 0. The number of carbonyl (C=O) groups excluding carboxylic acids is 3. The first kappa shape index (κ1) is 16.5. The van der Waals surface area contributed by atoms with Gasteiger partial charge in [0.25, 0.3) is 12.9 Å². The zero-order valence-electron chi connectivity index (χ0n) is 11.8. The smallest absolute Gasteiger partial charge is 0.308 e. The van der Waals surface area contributed by atoms with E-state index in [0.717, 1.165) is 25.7 Å². The van der Waals surface area contributed by atoms with Gasteiger partial charge >= 0.3 is 5.97 Å². The minimum absolute atomic E-state index is 0.0300. The zero-order chi connectivity index (χ0) is 14.8. The van der Waals surface area contributed by atoms with Crippen LogP contribution in [0.5, 0.6) is 0 Å². The molecule has 0 radical (unpaired) electrons. The van der Waals surface area contributed by atoms with E-state index in [1.165, 1.54) is 6.42 Å². The molecule has 0 spiro atoms. The SMILES string of the molecule is CC(COC=O)(COC=O)COC(=O)C1CCCCC1. The summed E-state index contributed by atoms with van der Waals surface area (Å²) in [6, 6.07) is 0. The Morgan fingerprint density at radius 1 is 1.05 bits per heavy atom. The largest absolute Gasteiger partial charge is 0.467 e. The quantitative estimate of drug-likeness (QED) is 0.363. The van der Waals surface area contributed by atoms with Crippen molar-refractivity contribution >= 4 is 18.9 Å². The van der Waals surface area contributed by atoms with Gasteiger partial charge in [-0.3, -0.25) is 14.4 Å². The molecule has 0 aromatic carbocycles. The third-order valence-corrected chi connectivity index (χ3v) is 3.50. The van der Waals surface area contributed by atoms with Crippen molar-refractivity contribution in [3.05, 3.63) is 0 Å². The van der Waals surface area contributed by atoms with Crippen molar-refractivity contribution in [2.45, 2.75) is 39.0 Å². The molecule has 0 saturated heterocycles. The third kappa shape index (κ3) is 5.59. The molecular formula is C14H22O6. The van der Waals surface area contributed by atoms with Gasteiger partial charge in [-0.1, -0.05) is 19.3 Å². The summed E-state index contributed by atoms with van der Waals surface area (Å²) in [6.07, 6.45) is 5.01. The van der Waals surface area contributed by atoms with Crippen molar-refractivity contribution in [3.8, 4) is 0 Å². The molecule has 0 amide bonds. The molecule has 0 unspecified atom stereocenters. The van der Waals surface area contributed by atoms with Crippen molar-refractivity contribution in [2.75, 3.05) is 19.8 Å². The van der Waals surface area contributed by atoms with Crippen LogP contribution in [-0.2, 0) is 28.6 Å². The van der Waals surface area contributed by atoms with E-state index in [9.17, 15) is 14.4 Å². The predicted octanol–water partition coefficient (Wildman–Crippen LogP) is 1.46. The third-order valence-electron chi connectivity index (χ3n) is 3.50. The maximum Gasteiger partial charge on any atom is 0.308 e. The molecule has 0 atom stereocenters. The van der Waals surface area contributed by atoms with Crippen LogP contribution in [0, 0.1) is 11.3 Å². The summed E-state index contributed by atoms with van der Waals surface area (Å²) in [5.41, 5.74) is -0.716. The Labute approximate surface area is 118 Å². The van der Waals surface area contributed by atoms with Gasteiger partial charge in [0.15, 0.2) is 0 Å². The van der Waals surface area contributed by atoms with Crippen LogP contribution >= 0.6 is 0 Å². The maximum absolute atomic E-state index is 11.9. The zero-order valence-corrected chi connectivity index (χ0v) is 11.8. The Hall–Kier alpha value is -1.59. The summed E-state index contributed by atoms with van der Waals surface area (Å²) in [4.78, 5) is 32.5. The summed E-state index contributed by atoms with van der Waals surface area (Å²) < 4.78 is 14.7. The molecule has 0 bridgehead atoms. The van der Waals surface area contributed by atoms with E-state index < -0.39 is 5.41 Å². The van der Waals surface area contributed by atoms with E-state index in [1.54, 1.807) is 6.92 Å². The summed E-state index contributed by atoms with van der Waals surface area (Å²) in [5.74, 6) is -0.250. The maximum atomic E-state index is 11.9. The standard InChI is InChI=1S/C14H22O6/c1-14(7-18-10-15,8-19-11-16)9-20-13(17)12-5-3-2-4-6-12/h10-12H,2-9H2,1H3. The fourth-order valence-corrected chi connectivity index (χ4v) is 2.30. The molecule has 0 heterocycles. The first-order valence-corrected chi connectivity index (χ1v) is 6.88. The highest BCUT2D eigenvalue weighted by Gasteiger charge is 2.30. The Kier molecular flexibility index (Phi) is 7.04. The molecule has 0 N–H and O–H groups in total. The lowest BCUT2D eigenvalue weighted by molar-refractivity contribution is -0.157.